The standard InChI is InChI=1S/C22H22ClFN4O4S/c1-15-13-27(14-16-2-6-19(24)7-3-16)10-11-28(15)21(29)9-4-17-12-18(23)5-8-20(17)25-22(30)26-33(31)32/h2-9,12,15H,10-11,13-14H2,1H3,(H,25,30)/b9-4+. The summed E-state index contributed by atoms with van der Waals surface area (Å²) in [5.74, 6) is -0.474. The molecule has 0 saturated carbocycles. The van der Waals surface area contributed by atoms with Crippen LogP contribution in [0.2, 0.25) is 5.02 Å². The highest BCUT2D eigenvalue weighted by atomic mass is 35.5. The number of benzene rings is 2. The molecule has 0 aliphatic carbocycles. The third kappa shape index (κ3) is 7.21. The van der Waals surface area contributed by atoms with E-state index in [9.17, 15) is 22.4 Å². The van der Waals surface area contributed by atoms with Crippen LogP contribution in [0.5, 0.6) is 0 Å². The first-order valence-electron chi connectivity index (χ1n) is 10.1. The SMILES string of the molecule is CC1CN(Cc2ccc(F)cc2)CCN1C(=O)/C=C/c1cc(Cl)ccc1NC(=O)N=S(=O)=O. The fourth-order valence-electron chi connectivity index (χ4n) is 3.60. The Morgan fingerprint density at radius 3 is 2.61 bits per heavy atom. The molecule has 0 aromatic heterocycles. The van der Waals surface area contributed by atoms with Gasteiger partial charge in [-0.15, -0.1) is 0 Å². The van der Waals surface area contributed by atoms with Crippen molar-refractivity contribution in [1.29, 1.82) is 0 Å². The molecule has 0 spiro atoms. The molecular weight excluding hydrogens is 471 g/mol. The van der Waals surface area contributed by atoms with E-state index in [1.54, 1.807) is 23.1 Å². The predicted molar refractivity (Wildman–Crippen MR) is 124 cm³/mol. The van der Waals surface area contributed by atoms with Gasteiger partial charge in [0.2, 0.25) is 5.91 Å². The van der Waals surface area contributed by atoms with Crippen molar-refractivity contribution in [1.82, 2.24) is 9.80 Å². The topological polar surface area (TPSA) is 99.1 Å². The highest BCUT2D eigenvalue weighted by Gasteiger charge is 2.26. The van der Waals surface area contributed by atoms with E-state index >= 15 is 0 Å². The molecular formula is C22H22ClFN4O4S. The summed E-state index contributed by atoms with van der Waals surface area (Å²) in [6.45, 7) is 4.50. The molecule has 1 unspecified atom stereocenters. The van der Waals surface area contributed by atoms with E-state index in [0.29, 0.717) is 36.8 Å². The third-order valence-electron chi connectivity index (χ3n) is 5.13. The zero-order valence-electron chi connectivity index (χ0n) is 17.7. The zero-order chi connectivity index (χ0) is 24.0. The van der Waals surface area contributed by atoms with E-state index in [-0.39, 0.29) is 23.5 Å². The molecule has 1 heterocycles. The summed E-state index contributed by atoms with van der Waals surface area (Å²) in [6, 6.07) is 9.83. The molecule has 1 atom stereocenters. The first-order valence-corrected chi connectivity index (χ1v) is 11.5. The minimum Gasteiger partial charge on any atom is -0.334 e. The van der Waals surface area contributed by atoms with Crippen LogP contribution in [0.15, 0.2) is 52.9 Å². The summed E-state index contributed by atoms with van der Waals surface area (Å²) in [6.07, 6.45) is 2.89. The van der Waals surface area contributed by atoms with Crippen LogP contribution in [0.1, 0.15) is 18.1 Å². The quantitative estimate of drug-likeness (QED) is 0.640. The summed E-state index contributed by atoms with van der Waals surface area (Å²) in [4.78, 5) is 28.4. The summed E-state index contributed by atoms with van der Waals surface area (Å²) in [7, 11) is -2.88. The number of hydrogen-bond donors (Lipinski definition) is 1. The lowest BCUT2D eigenvalue weighted by Gasteiger charge is -2.39. The van der Waals surface area contributed by atoms with Crippen molar-refractivity contribution in [2.45, 2.75) is 19.5 Å². The number of carbonyl (C=O) groups excluding carboxylic acids is 2. The van der Waals surface area contributed by atoms with E-state index in [2.05, 4.69) is 14.6 Å². The van der Waals surface area contributed by atoms with Crippen molar-refractivity contribution in [3.8, 4) is 0 Å². The number of hydrogen-bond acceptors (Lipinski definition) is 5. The lowest BCUT2D eigenvalue weighted by atomic mass is 10.1. The van der Waals surface area contributed by atoms with E-state index < -0.39 is 16.5 Å². The Labute approximate surface area is 197 Å². The Bertz CT molecular complexity index is 1190. The van der Waals surface area contributed by atoms with Crippen LogP contribution in [0.4, 0.5) is 14.9 Å². The molecule has 2 aromatic rings. The van der Waals surface area contributed by atoms with Crippen LogP contribution in [0.3, 0.4) is 0 Å². The maximum absolute atomic E-state index is 13.1. The molecule has 3 amide bonds. The van der Waals surface area contributed by atoms with Gasteiger partial charge in [0.1, 0.15) is 5.82 Å². The minimum absolute atomic E-state index is 0.0410. The van der Waals surface area contributed by atoms with Crippen molar-refractivity contribution in [2.75, 3.05) is 25.0 Å². The number of carbonyl (C=O) groups is 2. The van der Waals surface area contributed by atoms with E-state index in [1.165, 1.54) is 36.4 Å². The molecule has 174 valence electrons. The zero-order valence-corrected chi connectivity index (χ0v) is 19.3. The van der Waals surface area contributed by atoms with Crippen LogP contribution >= 0.6 is 11.6 Å². The Balaban J connectivity index is 1.65. The molecule has 1 fully saturated rings. The van der Waals surface area contributed by atoms with Crippen molar-refractivity contribution >= 4 is 45.8 Å². The molecule has 2 aromatic carbocycles. The summed E-state index contributed by atoms with van der Waals surface area (Å²) in [5, 5.41) is 2.73. The van der Waals surface area contributed by atoms with Crippen LogP contribution in [-0.4, -0.2) is 55.8 Å². The summed E-state index contributed by atoms with van der Waals surface area (Å²) < 4.78 is 37.1. The molecule has 33 heavy (non-hydrogen) atoms. The molecule has 8 nitrogen and oxygen atoms in total. The summed E-state index contributed by atoms with van der Waals surface area (Å²) in [5.41, 5.74) is 1.70. The number of piperazine rings is 1. The third-order valence-corrected chi connectivity index (χ3v) is 5.68. The lowest BCUT2D eigenvalue weighted by Crippen LogP contribution is -2.53. The van der Waals surface area contributed by atoms with Crippen LogP contribution in [0, 0.1) is 5.82 Å². The van der Waals surface area contributed by atoms with Gasteiger partial charge in [-0.25, -0.2) is 9.18 Å². The second-order valence-electron chi connectivity index (χ2n) is 7.55. The number of nitrogens with one attached hydrogen (secondary N) is 1. The fraction of sp³-hybridized carbons (Fsp3) is 0.273. The number of nitrogens with zero attached hydrogens (tertiary/aromatic N) is 3. The van der Waals surface area contributed by atoms with Gasteiger partial charge >= 0.3 is 16.5 Å². The average molecular weight is 493 g/mol. The molecule has 1 N–H and O–H groups in total. The van der Waals surface area contributed by atoms with Gasteiger partial charge in [0, 0.05) is 49.0 Å². The van der Waals surface area contributed by atoms with Crippen LogP contribution in [0.25, 0.3) is 6.08 Å². The lowest BCUT2D eigenvalue weighted by molar-refractivity contribution is -0.130. The van der Waals surface area contributed by atoms with Crippen molar-refractivity contribution < 1.29 is 22.4 Å². The normalized spacial score (nSPS) is 16.6. The number of rotatable bonds is 5. The van der Waals surface area contributed by atoms with Crippen LogP contribution < -0.4 is 5.32 Å². The van der Waals surface area contributed by atoms with Crippen LogP contribution in [-0.2, 0) is 21.8 Å². The maximum Gasteiger partial charge on any atom is 0.360 e. The largest absolute Gasteiger partial charge is 0.360 e. The molecule has 0 bridgehead atoms. The summed E-state index contributed by atoms with van der Waals surface area (Å²) >= 11 is 6.03. The first-order chi connectivity index (χ1) is 15.7. The number of halogens is 2. The fourth-order valence-corrected chi connectivity index (χ4v) is 3.96. The number of amides is 3. The number of urea groups is 1. The number of anilines is 1. The smallest absolute Gasteiger partial charge is 0.334 e. The van der Waals surface area contributed by atoms with Gasteiger partial charge in [0.05, 0.1) is 0 Å². The maximum atomic E-state index is 13.1. The Morgan fingerprint density at radius 1 is 1.21 bits per heavy atom. The molecule has 11 heteroatoms. The molecule has 1 aliphatic heterocycles. The van der Waals surface area contributed by atoms with Gasteiger partial charge in [-0.1, -0.05) is 28.1 Å². The molecule has 1 saturated heterocycles. The minimum atomic E-state index is -2.88. The van der Waals surface area contributed by atoms with Crippen molar-refractivity contribution in [3.05, 3.63) is 70.5 Å². The van der Waals surface area contributed by atoms with Crippen molar-refractivity contribution in [2.24, 2.45) is 4.36 Å². The Kier molecular flexibility index (Phi) is 8.32. The van der Waals surface area contributed by atoms with E-state index in [4.69, 9.17) is 11.6 Å². The van der Waals surface area contributed by atoms with Gasteiger partial charge in [-0.05, 0) is 54.5 Å². The van der Waals surface area contributed by atoms with Gasteiger partial charge in [0.15, 0.2) is 0 Å². The average Bonchev–Trinajstić information content (AvgIpc) is 2.75. The second kappa shape index (κ2) is 11.2. The Morgan fingerprint density at radius 2 is 1.94 bits per heavy atom. The first kappa shape index (κ1) is 24.6. The predicted octanol–water partition coefficient (Wildman–Crippen LogP) is 3.82. The Hall–Kier alpha value is -3.08. The highest BCUT2D eigenvalue weighted by Crippen LogP contribution is 2.23. The molecule has 1 aliphatic rings. The van der Waals surface area contributed by atoms with Gasteiger partial charge in [-0.3, -0.25) is 9.69 Å². The van der Waals surface area contributed by atoms with Gasteiger partial charge in [-0.2, -0.15) is 8.42 Å². The second-order valence-corrected chi connectivity index (χ2v) is 8.60. The molecule has 0 radical (unpaired) electrons. The van der Waals surface area contributed by atoms with E-state index in [1.807, 2.05) is 6.92 Å². The van der Waals surface area contributed by atoms with E-state index in [0.717, 1.165) is 5.56 Å². The van der Waals surface area contributed by atoms with Crippen molar-refractivity contribution in [3.63, 3.8) is 0 Å². The van der Waals surface area contributed by atoms with Gasteiger partial charge in [0.25, 0.3) is 0 Å². The monoisotopic (exact) mass is 492 g/mol. The van der Waals surface area contributed by atoms with Gasteiger partial charge < -0.3 is 10.2 Å². The molecule has 3 rings (SSSR count). The highest BCUT2D eigenvalue weighted by molar-refractivity contribution is 7.62.